The van der Waals surface area contributed by atoms with Gasteiger partial charge in [0.15, 0.2) is 0 Å². The molecular formula is C18H23N5O2. The lowest BCUT2D eigenvalue weighted by Crippen LogP contribution is -2.27. The number of rotatable bonds is 5. The first-order valence-electron chi connectivity index (χ1n) is 8.61. The lowest BCUT2D eigenvalue weighted by molar-refractivity contribution is -0.121. The number of nitrogens with zero attached hydrogens (tertiary/aromatic N) is 3. The number of hydrogen-bond donors (Lipinski definition) is 2. The monoisotopic (exact) mass is 341 g/mol. The van der Waals surface area contributed by atoms with Gasteiger partial charge in [0.2, 0.25) is 17.8 Å². The van der Waals surface area contributed by atoms with Gasteiger partial charge in [-0.25, -0.2) is 9.67 Å². The number of anilines is 1. The Morgan fingerprint density at radius 2 is 1.88 bits per heavy atom. The number of benzene rings is 1. The number of carbonyl (C=O) groups excluding carboxylic acids is 2. The second-order valence-electron chi connectivity index (χ2n) is 6.39. The van der Waals surface area contributed by atoms with Crippen LogP contribution in [0.5, 0.6) is 0 Å². The summed E-state index contributed by atoms with van der Waals surface area (Å²) >= 11 is 0. The van der Waals surface area contributed by atoms with Crippen LogP contribution in [0.3, 0.4) is 0 Å². The molecule has 7 heteroatoms. The van der Waals surface area contributed by atoms with Gasteiger partial charge in [0.25, 0.3) is 0 Å². The van der Waals surface area contributed by atoms with Crippen molar-refractivity contribution in [3.8, 4) is 0 Å². The van der Waals surface area contributed by atoms with Crippen molar-refractivity contribution in [2.24, 2.45) is 5.92 Å². The quantitative estimate of drug-likeness (QED) is 0.870. The number of nitrogens with one attached hydrogen (secondary N) is 2. The van der Waals surface area contributed by atoms with Gasteiger partial charge in [0, 0.05) is 13.0 Å². The molecule has 132 valence electrons. The molecule has 0 radical (unpaired) electrons. The Kier molecular flexibility index (Phi) is 5.42. The fourth-order valence-corrected chi connectivity index (χ4v) is 3.28. The average molecular weight is 341 g/mol. The maximum Gasteiger partial charge on any atom is 0.248 e. The summed E-state index contributed by atoms with van der Waals surface area (Å²) in [4.78, 5) is 27.8. The highest BCUT2D eigenvalue weighted by Gasteiger charge is 2.27. The molecule has 1 heterocycles. The zero-order valence-corrected chi connectivity index (χ0v) is 14.3. The largest absolute Gasteiger partial charge is 0.358 e. The molecule has 2 N–H and O–H groups in total. The molecular weight excluding hydrogens is 318 g/mol. The zero-order chi connectivity index (χ0) is 17.6. The van der Waals surface area contributed by atoms with E-state index in [1.165, 1.54) is 16.6 Å². The molecule has 1 aromatic carbocycles. The molecule has 0 bridgehead atoms. The van der Waals surface area contributed by atoms with Crippen LogP contribution in [0, 0.1) is 5.92 Å². The topological polar surface area (TPSA) is 88.9 Å². The molecule has 0 atom stereocenters. The van der Waals surface area contributed by atoms with Gasteiger partial charge in [-0.3, -0.25) is 14.9 Å². The molecule has 0 saturated heterocycles. The summed E-state index contributed by atoms with van der Waals surface area (Å²) in [5.41, 5.74) is 1.36. The second kappa shape index (κ2) is 7.92. The number of aromatic nitrogens is 3. The lowest BCUT2D eigenvalue weighted by atomic mass is 9.78. The van der Waals surface area contributed by atoms with E-state index in [0.29, 0.717) is 5.92 Å². The molecule has 0 spiro atoms. The van der Waals surface area contributed by atoms with Crippen molar-refractivity contribution in [1.82, 2.24) is 20.1 Å². The van der Waals surface area contributed by atoms with E-state index in [0.717, 1.165) is 25.7 Å². The molecule has 3 rings (SSSR count). The lowest BCUT2D eigenvalue weighted by Gasteiger charge is -2.27. The fourth-order valence-electron chi connectivity index (χ4n) is 3.28. The third kappa shape index (κ3) is 4.43. The van der Waals surface area contributed by atoms with Crippen LogP contribution in [-0.2, 0) is 16.1 Å². The maximum absolute atomic E-state index is 12.4. The van der Waals surface area contributed by atoms with Gasteiger partial charge >= 0.3 is 0 Å². The summed E-state index contributed by atoms with van der Waals surface area (Å²) in [5, 5.41) is 9.39. The Labute approximate surface area is 146 Å². The van der Waals surface area contributed by atoms with E-state index in [2.05, 4.69) is 45.0 Å². The first kappa shape index (κ1) is 17.1. The van der Waals surface area contributed by atoms with E-state index in [1.54, 1.807) is 7.05 Å². The molecule has 0 aliphatic heterocycles. The van der Waals surface area contributed by atoms with E-state index < -0.39 is 0 Å². The summed E-state index contributed by atoms with van der Waals surface area (Å²) in [6, 6.07) is 10.5. The summed E-state index contributed by atoms with van der Waals surface area (Å²) < 4.78 is 1.40. The van der Waals surface area contributed by atoms with Crippen molar-refractivity contribution in [2.45, 2.75) is 38.1 Å². The molecule has 1 saturated carbocycles. The molecule has 2 amide bonds. The van der Waals surface area contributed by atoms with Crippen LogP contribution in [0.15, 0.2) is 36.7 Å². The number of carbonyl (C=O) groups is 2. The van der Waals surface area contributed by atoms with Crippen molar-refractivity contribution in [2.75, 3.05) is 12.4 Å². The van der Waals surface area contributed by atoms with Crippen molar-refractivity contribution in [1.29, 1.82) is 0 Å². The Balaban J connectivity index is 1.50. The van der Waals surface area contributed by atoms with Crippen LogP contribution >= 0.6 is 0 Å². The van der Waals surface area contributed by atoms with Crippen LogP contribution in [-0.4, -0.2) is 33.6 Å². The molecule has 1 aliphatic rings. The zero-order valence-electron chi connectivity index (χ0n) is 14.3. The number of likely N-dealkylation sites (N-methyl/N-ethyl adjacent to an activating group) is 1. The van der Waals surface area contributed by atoms with Crippen molar-refractivity contribution in [3.05, 3.63) is 42.2 Å². The van der Waals surface area contributed by atoms with E-state index >= 15 is 0 Å². The molecule has 1 fully saturated rings. The van der Waals surface area contributed by atoms with Crippen LogP contribution in [0.1, 0.15) is 37.2 Å². The summed E-state index contributed by atoms with van der Waals surface area (Å²) in [6.45, 7) is 0.0849. The van der Waals surface area contributed by atoms with Crippen molar-refractivity contribution in [3.63, 3.8) is 0 Å². The first-order chi connectivity index (χ1) is 12.2. The van der Waals surface area contributed by atoms with E-state index in [-0.39, 0.29) is 30.2 Å². The molecule has 2 aromatic rings. The third-order valence-electron chi connectivity index (χ3n) is 4.72. The molecule has 1 aromatic heterocycles. The van der Waals surface area contributed by atoms with Crippen LogP contribution < -0.4 is 10.6 Å². The molecule has 25 heavy (non-hydrogen) atoms. The Hall–Kier alpha value is -2.70. The third-order valence-corrected chi connectivity index (χ3v) is 4.72. The Bertz CT molecular complexity index is 720. The number of hydrogen-bond acceptors (Lipinski definition) is 4. The van der Waals surface area contributed by atoms with E-state index in [1.807, 2.05) is 6.07 Å². The predicted octanol–water partition coefficient (Wildman–Crippen LogP) is 1.94. The summed E-state index contributed by atoms with van der Waals surface area (Å²) in [5.74, 6) is 0.575. The standard InChI is InChI=1S/C18H23N5O2/c1-19-16(24)11-23-12-20-18(22-23)21-17(25)15-9-7-14(8-10-15)13-5-3-2-4-6-13/h2-6,12,14-15H,7-11H2,1H3,(H,19,24)(H,21,22,25). The minimum Gasteiger partial charge on any atom is -0.358 e. The Morgan fingerprint density at radius 3 is 2.56 bits per heavy atom. The molecule has 0 unspecified atom stereocenters. The van der Waals surface area contributed by atoms with Gasteiger partial charge in [-0.15, -0.1) is 5.10 Å². The second-order valence-corrected chi connectivity index (χ2v) is 6.39. The Morgan fingerprint density at radius 1 is 1.16 bits per heavy atom. The first-order valence-corrected chi connectivity index (χ1v) is 8.61. The van der Waals surface area contributed by atoms with Gasteiger partial charge in [-0.2, -0.15) is 0 Å². The molecule has 1 aliphatic carbocycles. The SMILES string of the molecule is CNC(=O)Cn1cnc(NC(=O)C2CCC(c3ccccc3)CC2)n1. The van der Waals surface area contributed by atoms with Gasteiger partial charge in [0.1, 0.15) is 12.9 Å². The van der Waals surface area contributed by atoms with Crippen molar-refractivity contribution >= 4 is 17.8 Å². The average Bonchev–Trinajstić information content (AvgIpc) is 3.09. The van der Waals surface area contributed by atoms with Crippen LogP contribution in [0.4, 0.5) is 5.95 Å². The maximum atomic E-state index is 12.4. The minimum absolute atomic E-state index is 0.00847. The van der Waals surface area contributed by atoms with E-state index in [4.69, 9.17) is 0 Å². The van der Waals surface area contributed by atoms with Crippen molar-refractivity contribution < 1.29 is 9.59 Å². The number of amides is 2. The highest BCUT2D eigenvalue weighted by Crippen LogP contribution is 2.35. The van der Waals surface area contributed by atoms with Crippen LogP contribution in [0.2, 0.25) is 0 Å². The van der Waals surface area contributed by atoms with Gasteiger partial charge < -0.3 is 5.32 Å². The minimum atomic E-state index is -0.165. The fraction of sp³-hybridized carbons (Fsp3) is 0.444. The highest BCUT2D eigenvalue weighted by molar-refractivity contribution is 5.90. The van der Waals surface area contributed by atoms with Gasteiger partial charge in [-0.05, 0) is 37.2 Å². The normalized spacial score (nSPS) is 20.0. The van der Waals surface area contributed by atoms with Gasteiger partial charge in [0.05, 0.1) is 0 Å². The van der Waals surface area contributed by atoms with Crippen LogP contribution in [0.25, 0.3) is 0 Å². The highest BCUT2D eigenvalue weighted by atomic mass is 16.2. The van der Waals surface area contributed by atoms with E-state index in [9.17, 15) is 9.59 Å². The summed E-state index contributed by atoms with van der Waals surface area (Å²) in [7, 11) is 1.56. The smallest absolute Gasteiger partial charge is 0.248 e. The molecule has 7 nitrogen and oxygen atoms in total. The predicted molar refractivity (Wildman–Crippen MR) is 93.9 cm³/mol. The summed E-state index contributed by atoms with van der Waals surface area (Å²) in [6.07, 6.45) is 5.20. The van der Waals surface area contributed by atoms with Gasteiger partial charge in [-0.1, -0.05) is 30.3 Å².